The van der Waals surface area contributed by atoms with Crippen LogP contribution in [0.2, 0.25) is 18.1 Å². The molecule has 6 rings (SSSR count). The summed E-state index contributed by atoms with van der Waals surface area (Å²) in [5.41, 5.74) is 4.46. The van der Waals surface area contributed by atoms with Gasteiger partial charge in [-0.15, -0.1) is 21.5 Å². The normalized spacial score (nSPS) is 14.6. The first kappa shape index (κ1) is 29.2. The van der Waals surface area contributed by atoms with Gasteiger partial charge in [0, 0.05) is 31.9 Å². The third-order valence-corrected chi connectivity index (χ3v) is 11.9. The fourth-order valence-corrected chi connectivity index (χ4v) is 8.08. The van der Waals surface area contributed by atoms with Crippen molar-refractivity contribution in [3.05, 3.63) is 100 Å². The van der Waals surface area contributed by atoms with E-state index in [1.165, 1.54) is 0 Å². The Balaban J connectivity index is 1.25. The Morgan fingerprint density at radius 2 is 1.88 bits per heavy atom. The number of nitrogens with one attached hydrogen (secondary N) is 1. The number of nitrogens with zero attached hydrogens (tertiary/aromatic N) is 4. The minimum atomic E-state index is -2.35. The van der Waals surface area contributed by atoms with Crippen molar-refractivity contribution in [1.29, 1.82) is 0 Å². The van der Waals surface area contributed by atoms with Crippen LogP contribution in [0.4, 0.5) is 0 Å². The molecule has 5 aromatic rings. The lowest BCUT2D eigenvalue weighted by Crippen LogP contribution is -2.38. The van der Waals surface area contributed by atoms with Crippen molar-refractivity contribution in [2.45, 2.75) is 38.9 Å². The van der Waals surface area contributed by atoms with Crippen molar-refractivity contribution in [3.63, 3.8) is 0 Å². The number of ether oxygens (including phenoxy) is 1. The van der Waals surface area contributed by atoms with Gasteiger partial charge in [0.05, 0.1) is 24.9 Å². The molecule has 0 spiro atoms. The third-order valence-electron chi connectivity index (χ3n) is 7.55. The summed E-state index contributed by atoms with van der Waals surface area (Å²) in [6.45, 7) is 6.26. The lowest BCUT2D eigenvalue weighted by atomic mass is 10.00. The molecule has 0 aliphatic carbocycles. The number of halogens is 1. The van der Waals surface area contributed by atoms with Crippen LogP contribution in [-0.2, 0) is 11.2 Å². The summed E-state index contributed by atoms with van der Waals surface area (Å²) >= 11 is 7.86. The van der Waals surface area contributed by atoms with Crippen LogP contribution >= 0.6 is 22.9 Å². The predicted octanol–water partition coefficient (Wildman–Crippen LogP) is 5.50. The van der Waals surface area contributed by atoms with Gasteiger partial charge in [0.25, 0.3) is 0 Å². The second-order valence-corrected chi connectivity index (χ2v) is 16.7. The molecule has 1 aliphatic rings. The molecule has 8 nitrogen and oxygen atoms in total. The first-order valence-electron chi connectivity index (χ1n) is 14.1. The van der Waals surface area contributed by atoms with Crippen LogP contribution in [0.15, 0.2) is 71.7 Å². The number of methoxy groups -OCH3 is 1. The van der Waals surface area contributed by atoms with E-state index in [4.69, 9.17) is 21.3 Å². The van der Waals surface area contributed by atoms with Gasteiger partial charge in [-0.25, -0.2) is 0 Å². The molecule has 2 N–H and O–H groups in total. The lowest BCUT2D eigenvalue weighted by molar-refractivity contribution is -0.121. The number of hydrogen-bond acceptors (Lipinski definition) is 7. The topological polar surface area (TPSA) is 102 Å². The Labute approximate surface area is 260 Å². The number of fused-ring (bicyclic) bond motifs is 4. The molecule has 2 aromatic heterocycles. The van der Waals surface area contributed by atoms with E-state index in [1.807, 2.05) is 67.0 Å². The number of aliphatic imine (C=N–C) groups is 1. The van der Waals surface area contributed by atoms with Gasteiger partial charge in [0.15, 0.2) is 5.82 Å². The van der Waals surface area contributed by atoms with Gasteiger partial charge in [-0.05, 0) is 79.9 Å². The zero-order valence-corrected chi connectivity index (χ0v) is 27.0. The van der Waals surface area contributed by atoms with E-state index in [0.717, 1.165) is 42.7 Å². The minimum absolute atomic E-state index is 0.115. The van der Waals surface area contributed by atoms with Gasteiger partial charge >= 0.3 is 0 Å². The summed E-state index contributed by atoms with van der Waals surface area (Å²) < 4.78 is 9.75. The standard InChI is InChI=1S/C32H32ClN5O3SSi/c1-19-36-37-32-26(18-29(39)34-14-13-20-5-12-28-22(15-20)16-30(42-28)43(3,4)40)35-31(21-6-8-23(33)9-7-21)25-17-24(41-2)10-11-27(25)38(19)32/h5-12,15-17,26,40H,13-14,18H2,1-4H3,(H,34,39)/t26-/m0/s1. The predicted molar refractivity (Wildman–Crippen MR) is 175 cm³/mol. The molecule has 3 aromatic carbocycles. The Morgan fingerprint density at radius 1 is 1.09 bits per heavy atom. The van der Waals surface area contributed by atoms with Crippen molar-refractivity contribution in [2.75, 3.05) is 13.7 Å². The maximum atomic E-state index is 13.3. The molecule has 1 aliphatic heterocycles. The number of aromatic nitrogens is 3. The SMILES string of the molecule is COc1ccc2c(c1)C(c1ccc(Cl)cc1)=N[C@@H](CC(=O)NCCc1ccc3sc([Si](C)(C)O)cc3c1)c1nnc(C)n1-2. The highest BCUT2D eigenvalue weighted by Crippen LogP contribution is 2.34. The average Bonchev–Trinajstić information content (AvgIpc) is 3.56. The van der Waals surface area contributed by atoms with Crippen molar-refractivity contribution < 1.29 is 14.3 Å². The molecule has 0 bridgehead atoms. The largest absolute Gasteiger partial charge is 0.497 e. The minimum Gasteiger partial charge on any atom is -0.497 e. The third kappa shape index (κ3) is 6.01. The highest BCUT2D eigenvalue weighted by atomic mass is 35.5. The molecule has 1 amide bonds. The number of hydrogen-bond donors (Lipinski definition) is 2. The van der Waals surface area contributed by atoms with Crippen LogP contribution in [0.5, 0.6) is 5.75 Å². The molecule has 1 atom stereocenters. The van der Waals surface area contributed by atoms with E-state index in [2.05, 4.69) is 39.8 Å². The molecule has 43 heavy (non-hydrogen) atoms. The Kier molecular flexibility index (Phi) is 7.95. The van der Waals surface area contributed by atoms with E-state index >= 15 is 0 Å². The number of amides is 1. The average molecular weight is 630 g/mol. The Morgan fingerprint density at radius 3 is 2.63 bits per heavy atom. The number of rotatable bonds is 8. The number of benzene rings is 3. The smallest absolute Gasteiger partial charge is 0.224 e. The molecule has 0 fully saturated rings. The molecule has 220 valence electrons. The monoisotopic (exact) mass is 629 g/mol. The second-order valence-electron chi connectivity index (χ2n) is 11.2. The molecular weight excluding hydrogens is 598 g/mol. The van der Waals surface area contributed by atoms with E-state index < -0.39 is 14.4 Å². The van der Waals surface area contributed by atoms with Gasteiger partial charge in [-0.3, -0.25) is 14.4 Å². The van der Waals surface area contributed by atoms with Crippen LogP contribution in [0.1, 0.15) is 40.8 Å². The Bertz CT molecular complexity index is 1860. The molecular formula is C32H32ClN5O3SSi. The van der Waals surface area contributed by atoms with E-state index in [0.29, 0.717) is 35.4 Å². The molecule has 0 unspecified atom stereocenters. The lowest BCUT2D eigenvalue weighted by Gasteiger charge is -2.14. The van der Waals surface area contributed by atoms with Crippen molar-refractivity contribution >= 4 is 57.5 Å². The number of thiophene rings is 1. The highest BCUT2D eigenvalue weighted by molar-refractivity contribution is 7.30. The van der Waals surface area contributed by atoms with Crippen LogP contribution in [0.3, 0.4) is 0 Å². The van der Waals surface area contributed by atoms with Crippen molar-refractivity contribution in [1.82, 2.24) is 20.1 Å². The maximum absolute atomic E-state index is 13.3. The van der Waals surface area contributed by atoms with Gasteiger partial charge in [0.2, 0.25) is 14.2 Å². The van der Waals surface area contributed by atoms with Crippen molar-refractivity contribution in [3.8, 4) is 11.4 Å². The molecule has 3 heterocycles. The summed E-state index contributed by atoms with van der Waals surface area (Å²) in [6.07, 6.45) is 0.806. The zero-order valence-electron chi connectivity index (χ0n) is 24.4. The maximum Gasteiger partial charge on any atom is 0.224 e. The van der Waals surface area contributed by atoms with Crippen LogP contribution in [-0.4, -0.2) is 53.2 Å². The van der Waals surface area contributed by atoms with Gasteiger partial charge < -0.3 is 14.8 Å². The number of carbonyl (C=O) groups excluding carboxylic acids is 1. The van der Waals surface area contributed by atoms with Crippen LogP contribution in [0, 0.1) is 6.92 Å². The first-order valence-corrected chi connectivity index (χ1v) is 18.2. The van der Waals surface area contributed by atoms with Crippen LogP contribution < -0.4 is 14.6 Å². The molecule has 11 heteroatoms. The first-order chi connectivity index (χ1) is 20.6. The zero-order chi connectivity index (χ0) is 30.3. The van der Waals surface area contributed by atoms with Crippen LogP contribution in [0.25, 0.3) is 15.8 Å². The van der Waals surface area contributed by atoms with E-state index in [-0.39, 0.29) is 12.3 Å². The van der Waals surface area contributed by atoms with Crippen molar-refractivity contribution in [2.24, 2.45) is 4.99 Å². The van der Waals surface area contributed by atoms with Gasteiger partial charge in [-0.2, -0.15) is 0 Å². The fourth-order valence-electron chi connectivity index (χ4n) is 5.32. The summed E-state index contributed by atoms with van der Waals surface area (Å²) in [7, 11) is -0.718. The molecule has 0 saturated heterocycles. The Hall–Kier alpha value is -3.83. The summed E-state index contributed by atoms with van der Waals surface area (Å²) in [6, 6.07) is 21.2. The summed E-state index contributed by atoms with van der Waals surface area (Å²) in [5, 5.41) is 13.7. The van der Waals surface area contributed by atoms with Gasteiger partial charge in [0.1, 0.15) is 17.6 Å². The van der Waals surface area contributed by atoms with Gasteiger partial charge in [-0.1, -0.05) is 35.9 Å². The summed E-state index contributed by atoms with van der Waals surface area (Å²) in [5.74, 6) is 1.89. The van der Waals surface area contributed by atoms with E-state index in [1.54, 1.807) is 18.4 Å². The number of carbonyl (C=O) groups is 1. The highest BCUT2D eigenvalue weighted by Gasteiger charge is 2.30. The number of aryl methyl sites for hydroxylation is 1. The quantitative estimate of drug-likeness (QED) is 0.221. The fraction of sp³-hybridized carbons (Fsp3) is 0.250. The molecule has 0 radical (unpaired) electrons. The molecule has 0 saturated carbocycles. The second kappa shape index (κ2) is 11.7. The van der Waals surface area contributed by atoms with E-state index in [9.17, 15) is 9.59 Å². The summed E-state index contributed by atoms with van der Waals surface area (Å²) in [4.78, 5) is 29.0.